The molecule has 0 aliphatic heterocycles. The van der Waals surface area contributed by atoms with Crippen LogP contribution in [0.3, 0.4) is 0 Å². The van der Waals surface area contributed by atoms with Crippen LogP contribution in [0.25, 0.3) is 0 Å². The minimum absolute atomic E-state index is 0.104. The lowest BCUT2D eigenvalue weighted by Gasteiger charge is -2.13. The summed E-state index contributed by atoms with van der Waals surface area (Å²) in [5.74, 6) is -0.104. The summed E-state index contributed by atoms with van der Waals surface area (Å²) >= 11 is 9.31. The van der Waals surface area contributed by atoms with Crippen LogP contribution in [0.1, 0.15) is 30.1 Å². The van der Waals surface area contributed by atoms with Gasteiger partial charge in [-0.05, 0) is 31.9 Å². The lowest BCUT2D eigenvalue weighted by Crippen LogP contribution is -2.32. The Bertz CT molecular complexity index is 357. The highest BCUT2D eigenvalue weighted by molar-refractivity contribution is 9.09. The molecule has 0 heterocycles. The van der Waals surface area contributed by atoms with Crippen LogP contribution in [0.2, 0.25) is 5.02 Å². The van der Waals surface area contributed by atoms with Gasteiger partial charge in [-0.2, -0.15) is 0 Å². The molecule has 0 aromatic heterocycles. The van der Waals surface area contributed by atoms with Gasteiger partial charge in [-0.3, -0.25) is 4.79 Å². The summed E-state index contributed by atoms with van der Waals surface area (Å²) in [6.45, 7) is 2.00. The molecule has 1 aromatic rings. The highest BCUT2D eigenvalue weighted by Gasteiger charge is 2.11. The molecule has 0 aliphatic carbocycles. The topological polar surface area (TPSA) is 29.1 Å². The van der Waals surface area contributed by atoms with Crippen LogP contribution in [0.5, 0.6) is 0 Å². The number of amides is 1. The average molecular weight is 305 g/mol. The molecule has 0 saturated carbocycles. The second kappa shape index (κ2) is 6.92. The molecule has 0 radical (unpaired) electrons. The van der Waals surface area contributed by atoms with Crippen molar-refractivity contribution in [2.24, 2.45) is 0 Å². The standard InChI is InChI=1S/C12H15BrClNO/c1-9(5-4-8-13)15-12(16)10-6-2-3-7-11(10)14/h2-3,6-7,9H,4-5,8H2,1H3,(H,15,16). The Morgan fingerprint density at radius 2 is 2.19 bits per heavy atom. The molecule has 0 bridgehead atoms. The molecule has 16 heavy (non-hydrogen) atoms. The van der Waals surface area contributed by atoms with Gasteiger partial charge in [-0.25, -0.2) is 0 Å². The van der Waals surface area contributed by atoms with E-state index < -0.39 is 0 Å². The normalized spacial score (nSPS) is 12.2. The van der Waals surface area contributed by atoms with Crippen molar-refractivity contribution in [1.82, 2.24) is 5.32 Å². The molecule has 1 aromatic carbocycles. The van der Waals surface area contributed by atoms with E-state index in [0.717, 1.165) is 18.2 Å². The van der Waals surface area contributed by atoms with Gasteiger partial charge in [0.25, 0.3) is 5.91 Å². The Morgan fingerprint density at radius 1 is 1.50 bits per heavy atom. The molecule has 0 saturated heterocycles. The fourth-order valence-electron chi connectivity index (χ4n) is 1.40. The van der Waals surface area contributed by atoms with Crippen LogP contribution in [0.4, 0.5) is 0 Å². The number of nitrogens with one attached hydrogen (secondary N) is 1. The van der Waals surface area contributed by atoms with Gasteiger partial charge in [-0.1, -0.05) is 39.7 Å². The highest BCUT2D eigenvalue weighted by Crippen LogP contribution is 2.15. The lowest BCUT2D eigenvalue weighted by molar-refractivity contribution is 0.0938. The Hall–Kier alpha value is -0.540. The van der Waals surface area contributed by atoms with Gasteiger partial charge < -0.3 is 5.32 Å². The molecule has 1 amide bonds. The SMILES string of the molecule is CC(CCCBr)NC(=O)c1ccccc1Cl. The first kappa shape index (κ1) is 13.5. The number of alkyl halides is 1. The predicted molar refractivity (Wildman–Crippen MR) is 71.4 cm³/mol. The monoisotopic (exact) mass is 303 g/mol. The van der Waals surface area contributed by atoms with Crippen LogP contribution >= 0.6 is 27.5 Å². The summed E-state index contributed by atoms with van der Waals surface area (Å²) in [7, 11) is 0. The molecule has 0 spiro atoms. The molecule has 88 valence electrons. The quantitative estimate of drug-likeness (QED) is 0.827. The molecular weight excluding hydrogens is 289 g/mol. The Morgan fingerprint density at radius 3 is 2.81 bits per heavy atom. The van der Waals surface area contributed by atoms with Crippen molar-refractivity contribution in [3.8, 4) is 0 Å². The smallest absolute Gasteiger partial charge is 0.252 e. The van der Waals surface area contributed by atoms with Gasteiger partial charge in [-0.15, -0.1) is 0 Å². The van der Waals surface area contributed by atoms with E-state index in [-0.39, 0.29) is 11.9 Å². The van der Waals surface area contributed by atoms with Crippen LogP contribution in [-0.2, 0) is 0 Å². The zero-order valence-electron chi connectivity index (χ0n) is 9.17. The van der Waals surface area contributed by atoms with E-state index in [2.05, 4.69) is 21.2 Å². The van der Waals surface area contributed by atoms with Crippen LogP contribution < -0.4 is 5.32 Å². The van der Waals surface area contributed by atoms with E-state index in [1.165, 1.54) is 0 Å². The Labute approximate surface area is 110 Å². The molecule has 1 N–H and O–H groups in total. The van der Waals surface area contributed by atoms with Gasteiger partial charge in [0.1, 0.15) is 0 Å². The molecule has 2 nitrogen and oxygen atoms in total. The molecule has 4 heteroatoms. The van der Waals surface area contributed by atoms with Crippen molar-refractivity contribution in [2.75, 3.05) is 5.33 Å². The third-order valence-corrected chi connectivity index (χ3v) is 3.16. The van der Waals surface area contributed by atoms with E-state index in [0.29, 0.717) is 10.6 Å². The maximum absolute atomic E-state index is 11.8. The third-order valence-electron chi connectivity index (χ3n) is 2.27. The van der Waals surface area contributed by atoms with Gasteiger partial charge in [0.05, 0.1) is 10.6 Å². The summed E-state index contributed by atoms with van der Waals surface area (Å²) in [6.07, 6.45) is 2.01. The number of carbonyl (C=O) groups is 1. The predicted octanol–water partition coefficient (Wildman–Crippen LogP) is 3.63. The van der Waals surface area contributed by atoms with E-state index in [1.807, 2.05) is 19.1 Å². The van der Waals surface area contributed by atoms with Crippen molar-refractivity contribution < 1.29 is 4.79 Å². The maximum Gasteiger partial charge on any atom is 0.252 e. The van der Waals surface area contributed by atoms with E-state index in [4.69, 9.17) is 11.6 Å². The molecule has 1 atom stereocenters. The minimum atomic E-state index is -0.104. The number of hydrogen-bond acceptors (Lipinski definition) is 1. The fraction of sp³-hybridized carbons (Fsp3) is 0.417. The summed E-state index contributed by atoms with van der Waals surface area (Å²) in [4.78, 5) is 11.8. The third kappa shape index (κ3) is 4.14. The fourth-order valence-corrected chi connectivity index (χ4v) is 1.95. The first-order valence-electron chi connectivity index (χ1n) is 5.26. The summed E-state index contributed by atoms with van der Waals surface area (Å²) < 4.78 is 0. The summed E-state index contributed by atoms with van der Waals surface area (Å²) in [5, 5.41) is 4.38. The van der Waals surface area contributed by atoms with E-state index >= 15 is 0 Å². The van der Waals surface area contributed by atoms with Crippen molar-refractivity contribution >= 4 is 33.4 Å². The zero-order chi connectivity index (χ0) is 12.0. The largest absolute Gasteiger partial charge is 0.350 e. The van der Waals surface area contributed by atoms with Crippen LogP contribution in [0, 0.1) is 0 Å². The molecule has 1 unspecified atom stereocenters. The number of hydrogen-bond donors (Lipinski definition) is 1. The second-order valence-electron chi connectivity index (χ2n) is 3.69. The molecule has 0 fully saturated rings. The summed E-state index contributed by atoms with van der Waals surface area (Å²) in [5.41, 5.74) is 0.537. The first-order valence-corrected chi connectivity index (χ1v) is 6.76. The van der Waals surface area contributed by atoms with E-state index in [9.17, 15) is 4.79 Å². The summed E-state index contributed by atoms with van der Waals surface area (Å²) in [6, 6.07) is 7.24. The Balaban J connectivity index is 2.56. The Kier molecular flexibility index (Phi) is 5.85. The zero-order valence-corrected chi connectivity index (χ0v) is 11.5. The van der Waals surface area contributed by atoms with Crippen molar-refractivity contribution in [1.29, 1.82) is 0 Å². The molecule has 0 aliphatic rings. The number of benzene rings is 1. The van der Waals surface area contributed by atoms with Gasteiger partial charge in [0.15, 0.2) is 0 Å². The van der Waals surface area contributed by atoms with E-state index in [1.54, 1.807) is 12.1 Å². The molecular formula is C12H15BrClNO. The van der Waals surface area contributed by atoms with Crippen molar-refractivity contribution in [3.63, 3.8) is 0 Å². The number of halogens is 2. The van der Waals surface area contributed by atoms with Gasteiger partial charge in [0.2, 0.25) is 0 Å². The van der Waals surface area contributed by atoms with Gasteiger partial charge in [0, 0.05) is 11.4 Å². The average Bonchev–Trinajstić information content (AvgIpc) is 2.26. The lowest BCUT2D eigenvalue weighted by atomic mass is 10.1. The highest BCUT2D eigenvalue weighted by atomic mass is 79.9. The van der Waals surface area contributed by atoms with Crippen molar-refractivity contribution in [2.45, 2.75) is 25.8 Å². The van der Waals surface area contributed by atoms with Gasteiger partial charge >= 0.3 is 0 Å². The minimum Gasteiger partial charge on any atom is -0.350 e. The van der Waals surface area contributed by atoms with Crippen LogP contribution in [0.15, 0.2) is 24.3 Å². The number of carbonyl (C=O) groups excluding carboxylic acids is 1. The van der Waals surface area contributed by atoms with Crippen molar-refractivity contribution in [3.05, 3.63) is 34.9 Å². The first-order chi connectivity index (χ1) is 7.65. The maximum atomic E-state index is 11.8. The van der Waals surface area contributed by atoms with Crippen LogP contribution in [-0.4, -0.2) is 17.3 Å². The molecule has 1 rings (SSSR count). The second-order valence-corrected chi connectivity index (χ2v) is 4.89. The number of rotatable bonds is 5.